The number of aliphatic hydroxyl groups is 1. The van der Waals surface area contributed by atoms with Gasteiger partial charge in [-0.3, -0.25) is 4.79 Å². The number of amides is 1. The molecule has 0 aromatic heterocycles. The van der Waals surface area contributed by atoms with E-state index in [0.29, 0.717) is 42.4 Å². The van der Waals surface area contributed by atoms with Crippen LogP contribution >= 0.6 is 0 Å². The third-order valence-corrected chi connectivity index (χ3v) is 9.03. The van der Waals surface area contributed by atoms with Crippen molar-refractivity contribution in [2.24, 2.45) is 5.92 Å². The number of aryl methyl sites for hydroxylation is 2. The van der Waals surface area contributed by atoms with Gasteiger partial charge >= 0.3 is 0 Å². The Labute approximate surface area is 246 Å². The smallest absolute Gasteiger partial charge is 0.254 e. The van der Waals surface area contributed by atoms with E-state index in [0.717, 1.165) is 61.3 Å². The third-order valence-electron chi connectivity index (χ3n) is 9.03. The maximum Gasteiger partial charge on any atom is 0.254 e. The number of hydrogen-bond acceptors (Lipinski definition) is 5. The van der Waals surface area contributed by atoms with Crippen molar-refractivity contribution in [2.75, 3.05) is 49.1 Å². The van der Waals surface area contributed by atoms with Gasteiger partial charge in [-0.15, -0.1) is 0 Å². The van der Waals surface area contributed by atoms with Gasteiger partial charge in [0.15, 0.2) is 11.6 Å². The fraction of sp³-hybridized carbons (Fsp3) is 0.412. The molecule has 1 amide bonds. The molecule has 2 aliphatic heterocycles. The summed E-state index contributed by atoms with van der Waals surface area (Å²) in [4.78, 5) is 19.9. The summed E-state index contributed by atoms with van der Waals surface area (Å²) in [6, 6.07) is 15.5. The number of hydrogen-bond donors (Lipinski definition) is 1. The number of halogens is 2. The van der Waals surface area contributed by atoms with E-state index in [1.807, 2.05) is 43.0 Å². The molecule has 5 rings (SSSR count). The number of nitriles is 1. The van der Waals surface area contributed by atoms with E-state index < -0.39 is 17.7 Å². The highest BCUT2D eigenvalue weighted by atomic mass is 19.2. The van der Waals surface area contributed by atoms with Crippen molar-refractivity contribution in [3.8, 4) is 6.07 Å². The Kier molecular flexibility index (Phi) is 8.79. The van der Waals surface area contributed by atoms with Gasteiger partial charge in [0, 0.05) is 50.0 Å². The van der Waals surface area contributed by atoms with Crippen LogP contribution in [0.3, 0.4) is 0 Å². The summed E-state index contributed by atoms with van der Waals surface area (Å²) in [6.07, 6.45) is 2.93. The monoisotopic (exact) mass is 572 g/mol. The van der Waals surface area contributed by atoms with Gasteiger partial charge in [0.05, 0.1) is 23.9 Å². The van der Waals surface area contributed by atoms with Crippen LogP contribution in [0.25, 0.3) is 0 Å². The molecule has 0 bridgehead atoms. The fourth-order valence-electron chi connectivity index (χ4n) is 6.74. The SMILES string of the molecule is Cc1cc(C)c(C(=O)N2CCN(c3ccc(F)c(F)c3)[C@H](CO)C2)c(C)c1CC1CCN(c2ccccc2C#N)CC1. The quantitative estimate of drug-likeness (QED) is 0.420. The van der Waals surface area contributed by atoms with Crippen molar-refractivity contribution in [3.05, 3.63) is 93.5 Å². The summed E-state index contributed by atoms with van der Waals surface area (Å²) < 4.78 is 27.4. The second-order valence-corrected chi connectivity index (χ2v) is 11.6. The van der Waals surface area contributed by atoms with Crippen molar-refractivity contribution in [2.45, 2.75) is 46.1 Å². The highest BCUT2D eigenvalue weighted by Crippen LogP contribution is 2.32. The normalized spacial score (nSPS) is 17.8. The predicted octanol–water partition coefficient (Wildman–Crippen LogP) is 5.54. The number of benzene rings is 3. The lowest BCUT2D eigenvalue weighted by atomic mass is 9.83. The third kappa shape index (κ3) is 5.84. The second-order valence-electron chi connectivity index (χ2n) is 11.6. The molecule has 3 aromatic rings. The number of anilines is 2. The zero-order valence-corrected chi connectivity index (χ0v) is 24.5. The first-order valence-electron chi connectivity index (χ1n) is 14.7. The largest absolute Gasteiger partial charge is 0.394 e. The minimum atomic E-state index is -0.932. The molecule has 6 nitrogen and oxygen atoms in total. The van der Waals surface area contributed by atoms with Crippen molar-refractivity contribution in [1.82, 2.24) is 4.90 Å². The Morgan fingerprint density at radius 2 is 1.71 bits per heavy atom. The minimum absolute atomic E-state index is 0.0578. The summed E-state index contributed by atoms with van der Waals surface area (Å²) in [6.45, 7) is 8.82. The first kappa shape index (κ1) is 29.5. The number of para-hydroxylation sites is 1. The molecule has 42 heavy (non-hydrogen) atoms. The topological polar surface area (TPSA) is 70.8 Å². The van der Waals surface area contributed by atoms with Crippen LogP contribution < -0.4 is 9.80 Å². The molecule has 2 fully saturated rings. The number of piperidine rings is 1. The highest BCUT2D eigenvalue weighted by Gasteiger charge is 2.32. The molecule has 0 spiro atoms. The van der Waals surface area contributed by atoms with Gasteiger partial charge in [-0.1, -0.05) is 18.2 Å². The van der Waals surface area contributed by atoms with Crippen LogP contribution in [0.2, 0.25) is 0 Å². The van der Waals surface area contributed by atoms with Crippen molar-refractivity contribution >= 4 is 17.3 Å². The van der Waals surface area contributed by atoms with Gasteiger partial charge in [-0.25, -0.2) is 8.78 Å². The summed E-state index contributed by atoms with van der Waals surface area (Å²) in [5.41, 5.74) is 7.28. The lowest BCUT2D eigenvalue weighted by molar-refractivity contribution is 0.0697. The number of rotatable bonds is 6. The second kappa shape index (κ2) is 12.5. The van der Waals surface area contributed by atoms with E-state index in [1.54, 1.807) is 4.90 Å². The maximum atomic E-state index is 13.9. The molecule has 0 aliphatic carbocycles. The van der Waals surface area contributed by atoms with Crippen LogP contribution in [-0.2, 0) is 6.42 Å². The molecular weight excluding hydrogens is 534 g/mol. The lowest BCUT2D eigenvalue weighted by Gasteiger charge is -2.42. The molecule has 3 aromatic carbocycles. The van der Waals surface area contributed by atoms with Gasteiger partial charge in [-0.2, -0.15) is 5.26 Å². The molecule has 8 heteroatoms. The zero-order chi connectivity index (χ0) is 30.0. The Balaban J connectivity index is 1.30. The van der Waals surface area contributed by atoms with Gasteiger partial charge in [0.25, 0.3) is 5.91 Å². The van der Waals surface area contributed by atoms with Crippen LogP contribution in [0.4, 0.5) is 20.2 Å². The average Bonchev–Trinajstić information content (AvgIpc) is 3.00. The summed E-state index contributed by atoms with van der Waals surface area (Å²) >= 11 is 0. The van der Waals surface area contributed by atoms with Gasteiger partial charge in [0.2, 0.25) is 0 Å². The summed E-state index contributed by atoms with van der Waals surface area (Å²) in [7, 11) is 0. The van der Waals surface area contributed by atoms with E-state index in [1.165, 1.54) is 17.2 Å². The first-order valence-corrected chi connectivity index (χ1v) is 14.7. The van der Waals surface area contributed by atoms with E-state index in [9.17, 15) is 23.9 Å². The molecule has 2 aliphatic rings. The number of aliphatic hydroxyl groups excluding tert-OH is 1. The van der Waals surface area contributed by atoms with Gasteiger partial charge in [-0.05, 0) is 92.5 Å². The molecule has 0 radical (unpaired) electrons. The van der Waals surface area contributed by atoms with Crippen molar-refractivity contribution in [3.63, 3.8) is 0 Å². The van der Waals surface area contributed by atoms with E-state index in [4.69, 9.17) is 0 Å². The molecule has 1 N–H and O–H groups in total. The lowest BCUT2D eigenvalue weighted by Crippen LogP contribution is -2.56. The van der Waals surface area contributed by atoms with Gasteiger partial charge < -0.3 is 19.8 Å². The molecule has 220 valence electrons. The molecular formula is C34H38F2N4O2. The Hall–Kier alpha value is -3.96. The van der Waals surface area contributed by atoms with Gasteiger partial charge in [0.1, 0.15) is 6.07 Å². The van der Waals surface area contributed by atoms with Crippen molar-refractivity contribution < 1.29 is 18.7 Å². The summed E-state index contributed by atoms with van der Waals surface area (Å²) in [5.74, 6) is -1.42. The van der Waals surface area contributed by atoms with Crippen LogP contribution in [0.15, 0.2) is 48.5 Å². The molecule has 0 saturated carbocycles. The Morgan fingerprint density at radius 3 is 2.40 bits per heavy atom. The van der Waals surface area contributed by atoms with Crippen molar-refractivity contribution in [1.29, 1.82) is 5.26 Å². The van der Waals surface area contributed by atoms with Crippen LogP contribution in [-0.4, -0.2) is 61.3 Å². The predicted molar refractivity (Wildman–Crippen MR) is 161 cm³/mol. The number of carbonyl (C=O) groups excluding carboxylic acids is 1. The zero-order valence-electron chi connectivity index (χ0n) is 24.5. The minimum Gasteiger partial charge on any atom is -0.394 e. The average molecular weight is 573 g/mol. The molecule has 1 atom stereocenters. The van der Waals surface area contributed by atoms with E-state index >= 15 is 0 Å². The number of carbonyl (C=O) groups is 1. The standard InChI is InChI=1S/C34H38F2N4O2/c1-22-16-23(2)33(34(42)39-14-15-40(28(20-39)21-41)27-8-9-30(35)31(36)18-27)24(3)29(22)17-25-10-12-38(13-11-25)32-7-5-4-6-26(32)19-37/h4-9,16,18,25,28,41H,10-15,17,20-21H2,1-3H3/t28-/m0/s1. The number of piperazine rings is 1. The summed E-state index contributed by atoms with van der Waals surface area (Å²) in [5, 5.41) is 19.7. The Bertz CT molecular complexity index is 1510. The van der Waals surface area contributed by atoms with Crippen LogP contribution in [0, 0.1) is 49.7 Å². The molecule has 2 saturated heterocycles. The Morgan fingerprint density at radius 1 is 0.976 bits per heavy atom. The van der Waals surface area contributed by atoms with Crippen LogP contribution in [0.1, 0.15) is 51.0 Å². The number of nitrogens with zero attached hydrogens (tertiary/aromatic N) is 4. The van der Waals surface area contributed by atoms with Crippen LogP contribution in [0.5, 0.6) is 0 Å². The highest BCUT2D eigenvalue weighted by molar-refractivity contribution is 5.98. The van der Waals surface area contributed by atoms with E-state index in [-0.39, 0.29) is 12.5 Å². The molecule has 0 unspecified atom stereocenters. The van der Waals surface area contributed by atoms with E-state index in [2.05, 4.69) is 24.0 Å². The molecule has 2 heterocycles. The first-order chi connectivity index (χ1) is 20.2. The fourth-order valence-corrected chi connectivity index (χ4v) is 6.74. The maximum absolute atomic E-state index is 13.9.